The molecular formula is C24H27N3O4. The number of likely N-dealkylation sites (N-methyl/N-ethyl adjacent to an activating group) is 1. The van der Waals surface area contributed by atoms with Crippen molar-refractivity contribution in [2.24, 2.45) is 0 Å². The maximum absolute atomic E-state index is 13.0. The normalized spacial score (nSPS) is 13.7. The van der Waals surface area contributed by atoms with Crippen LogP contribution < -0.4 is 5.32 Å². The molecule has 7 heteroatoms. The predicted octanol–water partition coefficient (Wildman–Crippen LogP) is 2.53. The second-order valence-electron chi connectivity index (χ2n) is 7.71. The van der Waals surface area contributed by atoms with Crippen molar-refractivity contribution in [3.63, 3.8) is 0 Å². The van der Waals surface area contributed by atoms with Gasteiger partial charge in [-0.1, -0.05) is 42.0 Å². The number of carbonyl (C=O) groups is 4. The van der Waals surface area contributed by atoms with Gasteiger partial charge in [-0.3, -0.25) is 24.1 Å². The molecule has 2 aromatic carbocycles. The lowest BCUT2D eigenvalue weighted by molar-refractivity contribution is -0.140. The Balaban J connectivity index is 1.66. The largest absolute Gasteiger partial charge is 0.357 e. The van der Waals surface area contributed by atoms with Gasteiger partial charge in [-0.25, -0.2) is 0 Å². The van der Waals surface area contributed by atoms with E-state index in [1.165, 1.54) is 16.8 Å². The van der Waals surface area contributed by atoms with Crippen LogP contribution in [0.3, 0.4) is 0 Å². The number of hydrogen-bond acceptors (Lipinski definition) is 4. The third-order valence-electron chi connectivity index (χ3n) is 5.50. The highest BCUT2D eigenvalue weighted by Crippen LogP contribution is 2.23. The lowest BCUT2D eigenvalue weighted by Gasteiger charge is -2.28. The molecule has 162 valence electrons. The molecule has 0 aliphatic carbocycles. The summed E-state index contributed by atoms with van der Waals surface area (Å²) in [6.07, 6.45) is 0.454. The predicted molar refractivity (Wildman–Crippen MR) is 116 cm³/mol. The summed E-state index contributed by atoms with van der Waals surface area (Å²) in [5, 5.41) is 2.59. The fraction of sp³-hybridized carbons (Fsp3) is 0.333. The fourth-order valence-corrected chi connectivity index (χ4v) is 3.77. The van der Waals surface area contributed by atoms with Gasteiger partial charge in [0.25, 0.3) is 11.8 Å². The summed E-state index contributed by atoms with van der Waals surface area (Å²) < 4.78 is 0. The number of imide groups is 1. The van der Waals surface area contributed by atoms with Crippen molar-refractivity contribution in [3.8, 4) is 0 Å². The number of amides is 4. The molecule has 2 aromatic rings. The van der Waals surface area contributed by atoms with Gasteiger partial charge in [-0.05, 0) is 38.0 Å². The number of fused-ring (bicyclic) bond motifs is 1. The van der Waals surface area contributed by atoms with Gasteiger partial charge in [0.1, 0.15) is 6.04 Å². The van der Waals surface area contributed by atoms with E-state index in [0.717, 1.165) is 11.1 Å². The van der Waals surface area contributed by atoms with Crippen LogP contribution in [0.4, 0.5) is 0 Å². The van der Waals surface area contributed by atoms with Crippen LogP contribution in [0.5, 0.6) is 0 Å². The molecule has 3 rings (SSSR count). The number of nitrogens with one attached hydrogen (secondary N) is 1. The van der Waals surface area contributed by atoms with E-state index in [1.807, 2.05) is 31.2 Å². The number of nitrogens with zero attached hydrogens (tertiary/aromatic N) is 2. The molecule has 1 N–H and O–H groups in total. The number of aryl methyl sites for hydroxylation is 1. The molecule has 1 aliphatic heterocycles. The Hall–Kier alpha value is -3.48. The highest BCUT2D eigenvalue weighted by atomic mass is 16.2. The summed E-state index contributed by atoms with van der Waals surface area (Å²) in [5.41, 5.74) is 2.80. The quantitative estimate of drug-likeness (QED) is 0.664. The third kappa shape index (κ3) is 4.82. The van der Waals surface area contributed by atoms with E-state index in [1.54, 1.807) is 31.2 Å². The van der Waals surface area contributed by atoms with Gasteiger partial charge >= 0.3 is 0 Å². The summed E-state index contributed by atoms with van der Waals surface area (Å²) in [6, 6.07) is 13.9. The average Bonchev–Trinajstić information content (AvgIpc) is 3.01. The first kappa shape index (κ1) is 22.2. The number of benzene rings is 2. The van der Waals surface area contributed by atoms with Crippen molar-refractivity contribution in [2.45, 2.75) is 39.3 Å². The first-order valence-corrected chi connectivity index (χ1v) is 10.3. The van der Waals surface area contributed by atoms with Crippen molar-refractivity contribution < 1.29 is 19.2 Å². The zero-order chi connectivity index (χ0) is 22.5. The Morgan fingerprint density at radius 3 is 2.26 bits per heavy atom. The van der Waals surface area contributed by atoms with Crippen LogP contribution in [0, 0.1) is 6.92 Å². The van der Waals surface area contributed by atoms with Crippen molar-refractivity contribution in [1.82, 2.24) is 15.1 Å². The zero-order valence-corrected chi connectivity index (χ0v) is 18.1. The molecule has 0 unspecified atom stereocenters. The summed E-state index contributed by atoms with van der Waals surface area (Å²) in [4.78, 5) is 52.9. The number of carbonyl (C=O) groups excluding carboxylic acids is 4. The SMILES string of the molecule is CNC(=O)[C@H](C)N(Cc1cccc(C)c1)C(=O)CCCN1C(=O)c2ccccc2C1=O. The fourth-order valence-electron chi connectivity index (χ4n) is 3.77. The molecule has 1 aliphatic rings. The van der Waals surface area contributed by atoms with Crippen molar-refractivity contribution in [2.75, 3.05) is 13.6 Å². The summed E-state index contributed by atoms with van der Waals surface area (Å²) >= 11 is 0. The van der Waals surface area contributed by atoms with Gasteiger partial charge < -0.3 is 10.2 Å². The Morgan fingerprint density at radius 1 is 1.03 bits per heavy atom. The van der Waals surface area contributed by atoms with Crippen molar-refractivity contribution in [3.05, 3.63) is 70.8 Å². The van der Waals surface area contributed by atoms with Crippen LogP contribution >= 0.6 is 0 Å². The highest BCUT2D eigenvalue weighted by Gasteiger charge is 2.35. The minimum Gasteiger partial charge on any atom is -0.357 e. The second kappa shape index (κ2) is 9.55. The Bertz CT molecular complexity index is 982. The molecule has 4 amide bonds. The topological polar surface area (TPSA) is 86.8 Å². The molecule has 0 saturated carbocycles. The van der Waals surface area contributed by atoms with Gasteiger partial charge in [0.2, 0.25) is 11.8 Å². The maximum Gasteiger partial charge on any atom is 0.261 e. The lowest BCUT2D eigenvalue weighted by Crippen LogP contribution is -2.46. The monoisotopic (exact) mass is 421 g/mol. The number of rotatable bonds is 8. The lowest BCUT2D eigenvalue weighted by atomic mass is 10.1. The van der Waals surface area contributed by atoms with E-state index in [-0.39, 0.29) is 36.6 Å². The summed E-state index contributed by atoms with van der Waals surface area (Å²) in [5.74, 6) is -1.11. The van der Waals surface area contributed by atoms with Crippen LogP contribution in [0.1, 0.15) is 51.6 Å². The summed E-state index contributed by atoms with van der Waals surface area (Å²) in [7, 11) is 1.54. The first-order chi connectivity index (χ1) is 14.8. The van der Waals surface area contributed by atoms with E-state index < -0.39 is 6.04 Å². The van der Waals surface area contributed by atoms with Crippen LogP contribution in [0.15, 0.2) is 48.5 Å². The standard InChI is InChI=1S/C24H27N3O4/c1-16-8-6-9-18(14-16)15-27(17(2)22(29)25-3)21(28)12-7-13-26-23(30)19-10-4-5-11-20(19)24(26)31/h4-6,8-11,14,17H,7,12-13,15H2,1-3H3,(H,25,29)/t17-/m0/s1. The van der Waals surface area contributed by atoms with E-state index >= 15 is 0 Å². The Morgan fingerprint density at radius 2 is 1.68 bits per heavy atom. The smallest absolute Gasteiger partial charge is 0.261 e. The van der Waals surface area contributed by atoms with E-state index in [2.05, 4.69) is 5.32 Å². The Kier molecular flexibility index (Phi) is 6.84. The third-order valence-corrected chi connectivity index (χ3v) is 5.50. The number of hydrogen-bond donors (Lipinski definition) is 1. The highest BCUT2D eigenvalue weighted by molar-refractivity contribution is 6.21. The summed E-state index contributed by atoms with van der Waals surface area (Å²) in [6.45, 7) is 4.13. The molecule has 0 spiro atoms. The van der Waals surface area contributed by atoms with Gasteiger partial charge in [-0.2, -0.15) is 0 Å². The van der Waals surface area contributed by atoms with Gasteiger partial charge in [0, 0.05) is 26.6 Å². The van der Waals surface area contributed by atoms with Crippen LogP contribution in [-0.2, 0) is 16.1 Å². The molecule has 1 atom stereocenters. The molecule has 0 radical (unpaired) electrons. The molecule has 31 heavy (non-hydrogen) atoms. The van der Waals surface area contributed by atoms with Crippen LogP contribution in [0.25, 0.3) is 0 Å². The maximum atomic E-state index is 13.0. The average molecular weight is 421 g/mol. The minimum absolute atomic E-state index is 0.126. The molecule has 0 saturated heterocycles. The molecule has 0 bridgehead atoms. The van der Waals surface area contributed by atoms with Crippen molar-refractivity contribution >= 4 is 23.6 Å². The molecule has 0 aromatic heterocycles. The zero-order valence-electron chi connectivity index (χ0n) is 18.1. The van der Waals surface area contributed by atoms with Gasteiger partial charge in [0.05, 0.1) is 11.1 Å². The van der Waals surface area contributed by atoms with Gasteiger partial charge in [0.15, 0.2) is 0 Å². The van der Waals surface area contributed by atoms with E-state index in [0.29, 0.717) is 24.1 Å². The molecule has 1 heterocycles. The molecule has 7 nitrogen and oxygen atoms in total. The molecule has 0 fully saturated rings. The van der Waals surface area contributed by atoms with Gasteiger partial charge in [-0.15, -0.1) is 0 Å². The first-order valence-electron chi connectivity index (χ1n) is 10.3. The Labute approximate surface area is 182 Å². The van der Waals surface area contributed by atoms with Crippen LogP contribution in [-0.4, -0.2) is 53.1 Å². The van der Waals surface area contributed by atoms with Crippen molar-refractivity contribution in [1.29, 1.82) is 0 Å². The minimum atomic E-state index is -0.641. The van der Waals surface area contributed by atoms with Crippen LogP contribution in [0.2, 0.25) is 0 Å². The molecular weight excluding hydrogens is 394 g/mol. The second-order valence-corrected chi connectivity index (χ2v) is 7.71. The van der Waals surface area contributed by atoms with E-state index in [9.17, 15) is 19.2 Å². The van der Waals surface area contributed by atoms with E-state index in [4.69, 9.17) is 0 Å².